The fraction of sp³-hybridized carbons (Fsp3) is 0.536. The zero-order chi connectivity index (χ0) is 23.9. The molecule has 2 aromatic carbocycles. The number of anilines is 1. The van der Waals surface area contributed by atoms with Gasteiger partial charge < -0.3 is 19.9 Å². The van der Waals surface area contributed by atoms with Gasteiger partial charge in [0.2, 0.25) is 0 Å². The van der Waals surface area contributed by atoms with Crippen LogP contribution in [0, 0.1) is 0 Å². The van der Waals surface area contributed by atoms with Gasteiger partial charge in [0.1, 0.15) is 5.78 Å². The zero-order valence-corrected chi connectivity index (χ0v) is 20.6. The van der Waals surface area contributed by atoms with Gasteiger partial charge in [0.05, 0.1) is 20.3 Å². The number of ether oxygens (including phenoxy) is 2. The molecule has 0 aliphatic heterocycles. The second-order valence-electron chi connectivity index (χ2n) is 8.62. The Morgan fingerprint density at radius 1 is 0.909 bits per heavy atom. The number of aliphatic hydroxyl groups is 1. The molecule has 2 rings (SSSR count). The van der Waals surface area contributed by atoms with Crippen molar-refractivity contribution in [3.05, 3.63) is 53.6 Å². The Kier molecular flexibility index (Phi) is 12.4. The summed E-state index contributed by atoms with van der Waals surface area (Å²) in [6, 6.07) is 14.4. The Labute approximate surface area is 199 Å². The number of carbonyl (C=O) groups is 1. The van der Waals surface area contributed by atoms with Crippen LogP contribution in [-0.2, 0) is 17.6 Å². The number of benzene rings is 2. The Morgan fingerprint density at radius 3 is 2.39 bits per heavy atom. The van der Waals surface area contributed by atoms with Gasteiger partial charge in [0, 0.05) is 25.1 Å². The molecule has 0 bridgehead atoms. The maximum absolute atomic E-state index is 12.3. The lowest BCUT2D eigenvalue weighted by Crippen LogP contribution is -2.14. The minimum atomic E-state index is -0.531. The van der Waals surface area contributed by atoms with Crippen molar-refractivity contribution in [2.75, 3.05) is 26.1 Å². The number of methoxy groups -OCH3 is 2. The molecule has 5 heteroatoms. The third kappa shape index (κ3) is 10.3. The Balaban J connectivity index is 1.54. The number of rotatable bonds is 17. The molecule has 0 spiro atoms. The quantitative estimate of drug-likeness (QED) is 0.288. The van der Waals surface area contributed by atoms with Crippen LogP contribution in [0.15, 0.2) is 42.5 Å². The van der Waals surface area contributed by atoms with E-state index in [0.717, 1.165) is 31.4 Å². The predicted octanol–water partition coefficient (Wildman–Crippen LogP) is 5.97. The summed E-state index contributed by atoms with van der Waals surface area (Å²) in [7, 11) is 3.21. The topological polar surface area (TPSA) is 67.8 Å². The molecule has 0 aliphatic carbocycles. The SMILES string of the molecule is CCNc1cccc(CCCCCCC[C@H](O)CC(=O)CCc2ccc(OC)c(OC)c2)c1. The minimum Gasteiger partial charge on any atom is -0.493 e. The number of unbranched alkanes of at least 4 members (excludes halogenated alkanes) is 4. The molecule has 0 saturated carbocycles. The van der Waals surface area contributed by atoms with Crippen LogP contribution < -0.4 is 14.8 Å². The van der Waals surface area contributed by atoms with Crippen LogP contribution in [0.2, 0.25) is 0 Å². The van der Waals surface area contributed by atoms with Crippen LogP contribution in [0.1, 0.15) is 69.4 Å². The van der Waals surface area contributed by atoms with E-state index in [-0.39, 0.29) is 12.2 Å². The van der Waals surface area contributed by atoms with Crippen molar-refractivity contribution in [1.82, 2.24) is 0 Å². The highest BCUT2D eigenvalue weighted by atomic mass is 16.5. The molecule has 0 unspecified atom stereocenters. The van der Waals surface area contributed by atoms with E-state index in [1.807, 2.05) is 18.2 Å². The second kappa shape index (κ2) is 15.3. The highest BCUT2D eigenvalue weighted by Crippen LogP contribution is 2.28. The molecule has 33 heavy (non-hydrogen) atoms. The van der Waals surface area contributed by atoms with Crippen LogP contribution in [0.3, 0.4) is 0 Å². The molecule has 0 radical (unpaired) electrons. The summed E-state index contributed by atoms with van der Waals surface area (Å²) in [4.78, 5) is 12.3. The summed E-state index contributed by atoms with van der Waals surface area (Å²) in [5, 5.41) is 13.6. The van der Waals surface area contributed by atoms with Crippen LogP contribution in [0.5, 0.6) is 11.5 Å². The molecule has 0 aromatic heterocycles. The van der Waals surface area contributed by atoms with E-state index in [1.165, 1.54) is 30.5 Å². The minimum absolute atomic E-state index is 0.108. The largest absolute Gasteiger partial charge is 0.493 e. The maximum Gasteiger partial charge on any atom is 0.160 e. The first-order valence-electron chi connectivity index (χ1n) is 12.3. The van der Waals surface area contributed by atoms with E-state index >= 15 is 0 Å². The first-order chi connectivity index (χ1) is 16.0. The molecular formula is C28H41NO4. The number of nitrogens with one attached hydrogen (secondary N) is 1. The van der Waals surface area contributed by atoms with Crippen molar-refractivity contribution in [2.45, 2.75) is 77.2 Å². The van der Waals surface area contributed by atoms with Crippen molar-refractivity contribution < 1.29 is 19.4 Å². The lowest BCUT2D eigenvalue weighted by Gasteiger charge is -2.11. The smallest absolute Gasteiger partial charge is 0.160 e. The van der Waals surface area contributed by atoms with Gasteiger partial charge in [-0.2, -0.15) is 0 Å². The van der Waals surface area contributed by atoms with E-state index in [9.17, 15) is 9.90 Å². The van der Waals surface area contributed by atoms with Gasteiger partial charge >= 0.3 is 0 Å². The molecule has 0 saturated heterocycles. The molecule has 0 amide bonds. The zero-order valence-electron chi connectivity index (χ0n) is 20.6. The van der Waals surface area contributed by atoms with Gasteiger partial charge in [0.15, 0.2) is 11.5 Å². The van der Waals surface area contributed by atoms with Crippen molar-refractivity contribution in [1.29, 1.82) is 0 Å². The maximum atomic E-state index is 12.3. The molecule has 2 aromatic rings. The second-order valence-corrected chi connectivity index (χ2v) is 8.62. The lowest BCUT2D eigenvalue weighted by atomic mass is 10.00. The molecule has 5 nitrogen and oxygen atoms in total. The Hall–Kier alpha value is -2.53. The van der Waals surface area contributed by atoms with Crippen LogP contribution in [-0.4, -0.2) is 37.8 Å². The highest BCUT2D eigenvalue weighted by molar-refractivity contribution is 5.79. The summed E-state index contributed by atoms with van der Waals surface area (Å²) >= 11 is 0. The molecular weight excluding hydrogens is 414 g/mol. The standard InChI is InChI=1S/C28H41NO4/c1-4-29-24-13-10-12-22(19-24)11-8-6-5-7-9-14-25(30)21-26(31)17-15-23-16-18-27(32-2)28(20-23)33-3/h10,12-13,16,18-20,25,29-30H,4-9,11,14-15,17,21H2,1-3H3/t25-/m0/s1. The predicted molar refractivity (Wildman–Crippen MR) is 136 cm³/mol. The number of hydrogen-bond donors (Lipinski definition) is 2. The molecule has 0 heterocycles. The van der Waals surface area contributed by atoms with Gasteiger partial charge in [-0.25, -0.2) is 0 Å². The number of ketones is 1. The molecule has 0 aliphatic rings. The number of aliphatic hydroxyl groups excluding tert-OH is 1. The van der Waals surface area contributed by atoms with Crippen LogP contribution >= 0.6 is 0 Å². The number of hydrogen-bond acceptors (Lipinski definition) is 5. The molecule has 0 fully saturated rings. The monoisotopic (exact) mass is 455 g/mol. The molecule has 2 N–H and O–H groups in total. The fourth-order valence-electron chi connectivity index (χ4n) is 4.07. The van der Waals surface area contributed by atoms with Crippen molar-refractivity contribution in [3.8, 4) is 11.5 Å². The van der Waals surface area contributed by atoms with Gasteiger partial charge in [-0.05, 0) is 68.0 Å². The van der Waals surface area contributed by atoms with E-state index in [0.29, 0.717) is 30.8 Å². The summed E-state index contributed by atoms with van der Waals surface area (Å²) in [6.45, 7) is 3.05. The van der Waals surface area contributed by atoms with Crippen LogP contribution in [0.4, 0.5) is 5.69 Å². The number of Topliss-reactive ketones (excluding diaryl/α,β-unsaturated/α-hetero) is 1. The van der Waals surface area contributed by atoms with Crippen molar-refractivity contribution in [3.63, 3.8) is 0 Å². The fourth-order valence-corrected chi connectivity index (χ4v) is 4.07. The van der Waals surface area contributed by atoms with Crippen LogP contribution in [0.25, 0.3) is 0 Å². The highest BCUT2D eigenvalue weighted by Gasteiger charge is 2.12. The van der Waals surface area contributed by atoms with E-state index in [2.05, 4.69) is 36.5 Å². The van der Waals surface area contributed by atoms with Gasteiger partial charge in [-0.1, -0.05) is 43.9 Å². The molecule has 1 atom stereocenters. The first-order valence-corrected chi connectivity index (χ1v) is 12.3. The summed E-state index contributed by atoms with van der Waals surface area (Å²) in [5.41, 5.74) is 3.61. The van der Waals surface area contributed by atoms with Gasteiger partial charge in [-0.3, -0.25) is 4.79 Å². The molecule has 182 valence electrons. The summed E-state index contributed by atoms with van der Waals surface area (Å²) in [6.07, 6.45) is 8.24. The third-order valence-corrected chi connectivity index (χ3v) is 5.91. The van der Waals surface area contributed by atoms with Gasteiger partial charge in [0.25, 0.3) is 0 Å². The Bertz CT molecular complexity index is 836. The third-order valence-electron chi connectivity index (χ3n) is 5.91. The number of aryl methyl sites for hydroxylation is 2. The van der Waals surface area contributed by atoms with Crippen molar-refractivity contribution >= 4 is 11.5 Å². The summed E-state index contributed by atoms with van der Waals surface area (Å²) < 4.78 is 10.6. The summed E-state index contributed by atoms with van der Waals surface area (Å²) in [5.74, 6) is 1.46. The number of carbonyl (C=O) groups excluding carboxylic acids is 1. The van der Waals surface area contributed by atoms with Crippen molar-refractivity contribution in [2.24, 2.45) is 0 Å². The van der Waals surface area contributed by atoms with E-state index in [1.54, 1.807) is 14.2 Å². The Morgan fingerprint density at radius 2 is 1.64 bits per heavy atom. The average Bonchev–Trinajstić information content (AvgIpc) is 2.82. The van der Waals surface area contributed by atoms with E-state index < -0.39 is 6.10 Å². The lowest BCUT2D eigenvalue weighted by molar-refractivity contribution is -0.121. The first kappa shape index (κ1) is 26.7. The van der Waals surface area contributed by atoms with E-state index in [4.69, 9.17) is 9.47 Å². The van der Waals surface area contributed by atoms with Gasteiger partial charge in [-0.15, -0.1) is 0 Å². The normalized spacial score (nSPS) is 11.8. The average molecular weight is 456 g/mol.